The first kappa shape index (κ1) is 17.2. The van der Waals surface area contributed by atoms with Gasteiger partial charge < -0.3 is 14.5 Å². The van der Waals surface area contributed by atoms with E-state index < -0.39 is 0 Å². The first-order valence-corrected chi connectivity index (χ1v) is 9.18. The van der Waals surface area contributed by atoms with Gasteiger partial charge in [0.15, 0.2) is 5.13 Å². The molecule has 1 aromatic carbocycles. The van der Waals surface area contributed by atoms with Gasteiger partial charge in [-0.25, -0.2) is 4.98 Å². The van der Waals surface area contributed by atoms with E-state index in [0.29, 0.717) is 16.5 Å². The van der Waals surface area contributed by atoms with Gasteiger partial charge in [-0.15, -0.1) is 0 Å². The number of amides is 1. The number of thiazole rings is 1. The summed E-state index contributed by atoms with van der Waals surface area (Å²) in [6.45, 7) is 1.91. The molecule has 0 fully saturated rings. The lowest BCUT2D eigenvalue weighted by molar-refractivity contribution is -0.115. The number of anilines is 1. The summed E-state index contributed by atoms with van der Waals surface area (Å²) < 4.78 is 10.7. The summed E-state index contributed by atoms with van der Waals surface area (Å²) in [7, 11) is 1.60. The minimum Gasteiger partial charge on any atom is -0.497 e. The van der Waals surface area contributed by atoms with E-state index in [9.17, 15) is 4.79 Å². The van der Waals surface area contributed by atoms with E-state index in [1.807, 2.05) is 37.3 Å². The molecule has 0 unspecified atom stereocenters. The summed E-state index contributed by atoms with van der Waals surface area (Å²) in [4.78, 5) is 22.2. The number of rotatable bonds is 5. The number of fused-ring (bicyclic) bond motifs is 1. The lowest BCUT2D eigenvalue weighted by Crippen LogP contribution is -2.13. The van der Waals surface area contributed by atoms with E-state index in [1.165, 1.54) is 11.3 Å². The van der Waals surface area contributed by atoms with Crippen molar-refractivity contribution in [3.05, 3.63) is 60.1 Å². The second-order valence-electron chi connectivity index (χ2n) is 6.00. The Hall–Kier alpha value is -3.19. The minimum absolute atomic E-state index is 0.144. The SMILES string of the molecule is COc1ccc2c(CC(=O)Nc3nc(C)c(-c4ccccn4)s3)coc2c1. The first-order chi connectivity index (χ1) is 13.1. The van der Waals surface area contributed by atoms with Crippen LogP contribution < -0.4 is 10.1 Å². The Balaban J connectivity index is 1.50. The first-order valence-electron chi connectivity index (χ1n) is 8.37. The molecule has 3 aromatic heterocycles. The van der Waals surface area contributed by atoms with Crippen LogP contribution in [0.3, 0.4) is 0 Å². The predicted molar refractivity (Wildman–Crippen MR) is 105 cm³/mol. The molecule has 0 aliphatic rings. The number of pyridine rings is 1. The smallest absolute Gasteiger partial charge is 0.230 e. The molecule has 27 heavy (non-hydrogen) atoms. The van der Waals surface area contributed by atoms with Crippen LogP contribution in [0.4, 0.5) is 5.13 Å². The average molecular weight is 379 g/mol. The molecular weight excluding hydrogens is 362 g/mol. The van der Waals surface area contributed by atoms with Crippen molar-refractivity contribution in [2.75, 3.05) is 12.4 Å². The second-order valence-corrected chi connectivity index (χ2v) is 7.00. The zero-order valence-electron chi connectivity index (χ0n) is 14.9. The van der Waals surface area contributed by atoms with Crippen LogP contribution in [0.25, 0.3) is 21.5 Å². The molecule has 0 saturated heterocycles. The standard InChI is InChI=1S/C20H17N3O3S/c1-12-19(16-5-3-4-8-21-16)27-20(22-12)23-18(24)9-13-11-26-17-10-14(25-2)6-7-15(13)17/h3-8,10-11H,9H2,1-2H3,(H,22,23,24). The zero-order valence-corrected chi connectivity index (χ0v) is 15.7. The number of methoxy groups -OCH3 is 1. The van der Waals surface area contributed by atoms with Crippen molar-refractivity contribution >= 4 is 33.3 Å². The third kappa shape index (κ3) is 3.54. The molecule has 6 nitrogen and oxygen atoms in total. The topological polar surface area (TPSA) is 77.2 Å². The van der Waals surface area contributed by atoms with Gasteiger partial charge in [0.1, 0.15) is 11.3 Å². The van der Waals surface area contributed by atoms with Crippen molar-refractivity contribution in [3.63, 3.8) is 0 Å². The lowest BCUT2D eigenvalue weighted by Gasteiger charge is -2.01. The summed E-state index contributed by atoms with van der Waals surface area (Å²) >= 11 is 1.42. The number of benzene rings is 1. The number of hydrogen-bond acceptors (Lipinski definition) is 6. The lowest BCUT2D eigenvalue weighted by atomic mass is 10.1. The summed E-state index contributed by atoms with van der Waals surface area (Å²) in [5, 5.41) is 4.33. The molecule has 4 aromatic rings. The highest BCUT2D eigenvalue weighted by Gasteiger charge is 2.15. The van der Waals surface area contributed by atoms with Gasteiger partial charge in [-0.3, -0.25) is 9.78 Å². The van der Waals surface area contributed by atoms with Gasteiger partial charge in [0.25, 0.3) is 0 Å². The summed E-state index contributed by atoms with van der Waals surface area (Å²) in [5.41, 5.74) is 3.21. The van der Waals surface area contributed by atoms with Crippen molar-refractivity contribution in [3.8, 4) is 16.3 Å². The monoisotopic (exact) mass is 379 g/mol. The van der Waals surface area contributed by atoms with Gasteiger partial charge in [0.05, 0.1) is 36.1 Å². The molecule has 0 bridgehead atoms. The maximum absolute atomic E-state index is 12.5. The fraction of sp³-hybridized carbons (Fsp3) is 0.150. The van der Waals surface area contributed by atoms with E-state index in [0.717, 1.165) is 27.2 Å². The number of nitrogens with one attached hydrogen (secondary N) is 1. The van der Waals surface area contributed by atoms with Crippen LogP contribution in [0.2, 0.25) is 0 Å². The van der Waals surface area contributed by atoms with Crippen molar-refractivity contribution < 1.29 is 13.9 Å². The van der Waals surface area contributed by atoms with Crippen LogP contribution in [0, 0.1) is 6.92 Å². The molecule has 3 heterocycles. The predicted octanol–water partition coefficient (Wildman–Crippen LogP) is 4.45. The number of aryl methyl sites for hydroxylation is 1. The molecule has 1 amide bonds. The van der Waals surface area contributed by atoms with E-state index >= 15 is 0 Å². The molecule has 1 N–H and O–H groups in total. The highest BCUT2D eigenvalue weighted by Crippen LogP contribution is 2.31. The van der Waals surface area contributed by atoms with Crippen molar-refractivity contribution in [1.82, 2.24) is 9.97 Å². The zero-order chi connectivity index (χ0) is 18.8. The van der Waals surface area contributed by atoms with Gasteiger partial charge in [-0.2, -0.15) is 0 Å². The van der Waals surface area contributed by atoms with Crippen molar-refractivity contribution in [2.24, 2.45) is 0 Å². The number of nitrogens with zero attached hydrogens (tertiary/aromatic N) is 2. The van der Waals surface area contributed by atoms with Crippen LogP contribution in [-0.2, 0) is 11.2 Å². The minimum atomic E-state index is -0.144. The Labute approximate surface area is 159 Å². The molecule has 0 atom stereocenters. The molecule has 0 aliphatic carbocycles. The Bertz CT molecular complexity index is 1100. The van der Waals surface area contributed by atoms with Gasteiger partial charge in [-0.1, -0.05) is 17.4 Å². The Morgan fingerprint density at radius 3 is 2.96 bits per heavy atom. The van der Waals surface area contributed by atoms with Crippen molar-refractivity contribution in [1.29, 1.82) is 0 Å². The van der Waals surface area contributed by atoms with Gasteiger partial charge in [0.2, 0.25) is 5.91 Å². The Morgan fingerprint density at radius 1 is 1.30 bits per heavy atom. The average Bonchev–Trinajstić information content (AvgIpc) is 3.25. The van der Waals surface area contributed by atoms with E-state index in [2.05, 4.69) is 15.3 Å². The highest BCUT2D eigenvalue weighted by atomic mass is 32.1. The Kier molecular flexibility index (Phi) is 4.60. The van der Waals surface area contributed by atoms with Gasteiger partial charge >= 0.3 is 0 Å². The van der Waals surface area contributed by atoms with E-state index in [1.54, 1.807) is 25.6 Å². The third-order valence-corrected chi connectivity index (χ3v) is 5.25. The normalized spacial score (nSPS) is 10.9. The van der Waals surface area contributed by atoms with Crippen LogP contribution in [-0.4, -0.2) is 23.0 Å². The summed E-state index contributed by atoms with van der Waals surface area (Å²) in [6.07, 6.45) is 3.55. The number of ether oxygens (including phenoxy) is 1. The maximum Gasteiger partial charge on any atom is 0.230 e. The molecule has 0 aliphatic heterocycles. The molecule has 136 valence electrons. The fourth-order valence-electron chi connectivity index (χ4n) is 2.85. The van der Waals surface area contributed by atoms with Crippen LogP contribution in [0.15, 0.2) is 53.3 Å². The maximum atomic E-state index is 12.5. The fourth-order valence-corrected chi connectivity index (χ4v) is 3.81. The molecule has 0 spiro atoms. The van der Waals surface area contributed by atoms with Crippen LogP contribution >= 0.6 is 11.3 Å². The number of carbonyl (C=O) groups is 1. The van der Waals surface area contributed by atoms with E-state index in [-0.39, 0.29) is 12.3 Å². The van der Waals surface area contributed by atoms with Gasteiger partial charge in [0, 0.05) is 23.2 Å². The summed E-state index contributed by atoms with van der Waals surface area (Å²) in [6, 6.07) is 11.3. The third-order valence-electron chi connectivity index (χ3n) is 4.15. The van der Waals surface area contributed by atoms with Crippen LogP contribution in [0.1, 0.15) is 11.3 Å². The number of aromatic nitrogens is 2. The van der Waals surface area contributed by atoms with Crippen LogP contribution in [0.5, 0.6) is 5.75 Å². The summed E-state index contributed by atoms with van der Waals surface area (Å²) in [5.74, 6) is 0.572. The van der Waals surface area contributed by atoms with Gasteiger partial charge in [-0.05, 0) is 31.2 Å². The van der Waals surface area contributed by atoms with Crippen molar-refractivity contribution in [2.45, 2.75) is 13.3 Å². The quantitative estimate of drug-likeness (QED) is 0.554. The number of furan rings is 1. The highest BCUT2D eigenvalue weighted by molar-refractivity contribution is 7.19. The number of carbonyl (C=O) groups excluding carboxylic acids is 1. The largest absolute Gasteiger partial charge is 0.497 e. The molecule has 7 heteroatoms. The van der Waals surface area contributed by atoms with E-state index in [4.69, 9.17) is 9.15 Å². The molecule has 0 radical (unpaired) electrons. The molecule has 4 rings (SSSR count). The second kappa shape index (κ2) is 7.20. The molecular formula is C20H17N3O3S. The number of hydrogen-bond donors (Lipinski definition) is 1. The Morgan fingerprint density at radius 2 is 2.19 bits per heavy atom. The molecule has 0 saturated carbocycles.